The quantitative estimate of drug-likeness (QED) is 0.501. The van der Waals surface area contributed by atoms with Crippen molar-refractivity contribution in [3.05, 3.63) is 71.5 Å². The van der Waals surface area contributed by atoms with E-state index in [-0.39, 0.29) is 5.91 Å². The van der Waals surface area contributed by atoms with Gasteiger partial charge in [0, 0.05) is 11.3 Å². The third-order valence-electron chi connectivity index (χ3n) is 4.22. The normalized spacial score (nSPS) is 10.3. The fourth-order valence-corrected chi connectivity index (χ4v) is 2.68. The molecule has 7 nitrogen and oxygen atoms in total. The zero-order valence-electron chi connectivity index (χ0n) is 15.3. The largest absolute Gasteiger partial charge is 0.393 e. The molecule has 0 saturated carbocycles. The van der Waals surface area contributed by atoms with Gasteiger partial charge in [0.1, 0.15) is 12.0 Å². The number of nitrogens with zero attached hydrogens (tertiary/aromatic N) is 2. The van der Waals surface area contributed by atoms with E-state index in [0.717, 1.165) is 23.2 Å². The van der Waals surface area contributed by atoms with E-state index in [4.69, 9.17) is 5.73 Å². The van der Waals surface area contributed by atoms with Crippen molar-refractivity contribution < 1.29 is 4.79 Å². The van der Waals surface area contributed by atoms with Crippen LogP contribution in [0.3, 0.4) is 0 Å². The van der Waals surface area contributed by atoms with Crippen LogP contribution in [0.15, 0.2) is 54.9 Å². The van der Waals surface area contributed by atoms with Gasteiger partial charge in [-0.2, -0.15) is 0 Å². The molecule has 1 aromatic heterocycles. The number of rotatable bonds is 6. The summed E-state index contributed by atoms with van der Waals surface area (Å²) in [6.45, 7) is 3.96. The lowest BCUT2D eigenvalue weighted by Gasteiger charge is -2.15. The van der Waals surface area contributed by atoms with Gasteiger partial charge in [-0.25, -0.2) is 9.97 Å². The third-order valence-corrected chi connectivity index (χ3v) is 4.22. The molecule has 0 spiro atoms. The van der Waals surface area contributed by atoms with Gasteiger partial charge >= 0.3 is 0 Å². The second-order valence-electron chi connectivity index (χ2n) is 6.01. The highest BCUT2D eigenvalue weighted by molar-refractivity contribution is 5.96. The van der Waals surface area contributed by atoms with Crippen LogP contribution >= 0.6 is 0 Å². The Hall–Kier alpha value is -3.61. The van der Waals surface area contributed by atoms with Gasteiger partial charge in [-0.1, -0.05) is 43.3 Å². The van der Waals surface area contributed by atoms with Gasteiger partial charge in [-0.05, 0) is 36.6 Å². The number of aromatic nitrogens is 2. The standard InChI is InChI=1S/C20H22N6O/c1-3-14-9-5-7-11-16(14)24-18-17(21)19(23-12-22-18)25-26-20(27)15-10-6-4-8-13(15)2/h4-12H,3,21H2,1-2H3,(H,26,27)(H2,22,23,24,25). The number of benzene rings is 2. The molecule has 0 fully saturated rings. The molecular formula is C20H22N6O. The number of nitrogen functional groups attached to an aromatic ring is 1. The number of hydrogen-bond acceptors (Lipinski definition) is 6. The maximum atomic E-state index is 12.3. The van der Waals surface area contributed by atoms with Crippen molar-refractivity contribution in [3.63, 3.8) is 0 Å². The molecule has 7 heteroatoms. The van der Waals surface area contributed by atoms with E-state index in [1.807, 2.05) is 49.4 Å². The summed E-state index contributed by atoms with van der Waals surface area (Å²) >= 11 is 0. The fourth-order valence-electron chi connectivity index (χ4n) is 2.68. The highest BCUT2D eigenvalue weighted by Crippen LogP contribution is 2.27. The van der Waals surface area contributed by atoms with Crippen LogP contribution in [0.25, 0.3) is 0 Å². The molecule has 3 aromatic rings. The highest BCUT2D eigenvalue weighted by Gasteiger charge is 2.12. The number of carbonyl (C=O) groups excluding carboxylic acids is 1. The predicted molar refractivity (Wildman–Crippen MR) is 108 cm³/mol. The van der Waals surface area contributed by atoms with Crippen LogP contribution in [-0.2, 0) is 6.42 Å². The molecule has 0 aliphatic heterocycles. The number of nitrogens with one attached hydrogen (secondary N) is 3. The van der Waals surface area contributed by atoms with Crippen molar-refractivity contribution in [1.82, 2.24) is 15.4 Å². The number of para-hydroxylation sites is 1. The predicted octanol–water partition coefficient (Wildman–Crippen LogP) is 3.43. The van der Waals surface area contributed by atoms with E-state index in [0.29, 0.717) is 22.9 Å². The Bertz CT molecular complexity index is 957. The Morgan fingerprint density at radius 3 is 2.52 bits per heavy atom. The first-order chi connectivity index (χ1) is 13.1. The van der Waals surface area contributed by atoms with E-state index >= 15 is 0 Å². The molecule has 0 bridgehead atoms. The van der Waals surface area contributed by atoms with Gasteiger partial charge in [0.05, 0.1) is 0 Å². The Morgan fingerprint density at radius 1 is 1.04 bits per heavy atom. The van der Waals surface area contributed by atoms with Gasteiger partial charge in [0.2, 0.25) is 0 Å². The molecule has 2 aromatic carbocycles. The Kier molecular flexibility index (Phi) is 5.51. The highest BCUT2D eigenvalue weighted by atomic mass is 16.2. The summed E-state index contributed by atoms with van der Waals surface area (Å²) in [6, 6.07) is 15.3. The molecule has 0 unspecified atom stereocenters. The lowest BCUT2D eigenvalue weighted by Crippen LogP contribution is -2.30. The number of aryl methyl sites for hydroxylation is 2. The van der Waals surface area contributed by atoms with Gasteiger partial charge in [0.15, 0.2) is 11.6 Å². The van der Waals surface area contributed by atoms with Crippen molar-refractivity contribution in [2.75, 3.05) is 16.5 Å². The molecule has 138 valence electrons. The van der Waals surface area contributed by atoms with E-state index < -0.39 is 0 Å². The van der Waals surface area contributed by atoms with E-state index in [9.17, 15) is 4.79 Å². The van der Waals surface area contributed by atoms with Crippen molar-refractivity contribution in [2.45, 2.75) is 20.3 Å². The maximum absolute atomic E-state index is 12.3. The average Bonchev–Trinajstić information content (AvgIpc) is 2.69. The molecule has 0 aliphatic carbocycles. The smallest absolute Gasteiger partial charge is 0.269 e. The lowest BCUT2D eigenvalue weighted by molar-refractivity contribution is 0.0962. The number of hydrogen-bond donors (Lipinski definition) is 4. The molecule has 1 amide bonds. The summed E-state index contributed by atoms with van der Waals surface area (Å²) in [5, 5.41) is 3.23. The molecule has 0 atom stereocenters. The average molecular weight is 362 g/mol. The fraction of sp³-hybridized carbons (Fsp3) is 0.150. The number of carbonyl (C=O) groups is 1. The number of anilines is 4. The third kappa shape index (κ3) is 4.14. The van der Waals surface area contributed by atoms with Crippen LogP contribution in [0.5, 0.6) is 0 Å². The van der Waals surface area contributed by atoms with Gasteiger partial charge in [-0.3, -0.25) is 15.6 Å². The van der Waals surface area contributed by atoms with Crippen molar-refractivity contribution in [3.8, 4) is 0 Å². The second kappa shape index (κ2) is 8.18. The molecule has 27 heavy (non-hydrogen) atoms. The van der Waals surface area contributed by atoms with Gasteiger partial charge < -0.3 is 11.1 Å². The first kappa shape index (κ1) is 18.2. The zero-order chi connectivity index (χ0) is 19.2. The minimum Gasteiger partial charge on any atom is -0.393 e. The minimum atomic E-state index is -0.267. The SMILES string of the molecule is CCc1ccccc1Nc1ncnc(NNC(=O)c2ccccc2C)c1N. The minimum absolute atomic E-state index is 0.267. The van der Waals surface area contributed by atoms with E-state index in [1.165, 1.54) is 6.33 Å². The van der Waals surface area contributed by atoms with Crippen molar-refractivity contribution in [1.29, 1.82) is 0 Å². The summed E-state index contributed by atoms with van der Waals surface area (Å²) in [6.07, 6.45) is 2.27. The first-order valence-corrected chi connectivity index (χ1v) is 8.67. The van der Waals surface area contributed by atoms with Crippen molar-refractivity contribution >= 4 is 28.9 Å². The number of nitrogens with two attached hydrogens (primary N) is 1. The van der Waals surface area contributed by atoms with Crippen LogP contribution in [0.4, 0.5) is 23.0 Å². The first-order valence-electron chi connectivity index (χ1n) is 8.67. The van der Waals surface area contributed by atoms with Crippen LogP contribution in [0.1, 0.15) is 28.4 Å². The topological polar surface area (TPSA) is 105 Å². The van der Waals surface area contributed by atoms with Crippen LogP contribution in [0.2, 0.25) is 0 Å². The molecule has 1 heterocycles. The van der Waals surface area contributed by atoms with Gasteiger partial charge in [-0.15, -0.1) is 0 Å². The van der Waals surface area contributed by atoms with Crippen molar-refractivity contribution in [2.24, 2.45) is 0 Å². The Morgan fingerprint density at radius 2 is 1.74 bits per heavy atom. The Labute approximate surface area is 158 Å². The van der Waals surface area contributed by atoms with Gasteiger partial charge in [0.25, 0.3) is 5.91 Å². The van der Waals surface area contributed by atoms with E-state index in [1.54, 1.807) is 6.07 Å². The van der Waals surface area contributed by atoms with E-state index in [2.05, 4.69) is 33.1 Å². The molecular weight excluding hydrogens is 340 g/mol. The molecule has 3 rings (SSSR count). The Balaban J connectivity index is 1.75. The summed E-state index contributed by atoms with van der Waals surface area (Å²) in [7, 11) is 0. The van der Waals surface area contributed by atoms with Crippen LogP contribution in [-0.4, -0.2) is 15.9 Å². The monoisotopic (exact) mass is 362 g/mol. The summed E-state index contributed by atoms with van der Waals surface area (Å²) in [5.74, 6) is 0.527. The molecule has 0 aliphatic rings. The molecule has 5 N–H and O–H groups in total. The van der Waals surface area contributed by atoms with Crippen LogP contribution < -0.4 is 21.9 Å². The zero-order valence-corrected chi connectivity index (χ0v) is 15.3. The lowest BCUT2D eigenvalue weighted by atomic mass is 10.1. The summed E-state index contributed by atoms with van der Waals surface area (Å²) < 4.78 is 0. The van der Waals surface area contributed by atoms with Crippen LogP contribution in [0, 0.1) is 6.92 Å². The second-order valence-corrected chi connectivity index (χ2v) is 6.01. The number of hydrazine groups is 1. The molecule has 0 radical (unpaired) electrons. The number of amides is 1. The summed E-state index contributed by atoms with van der Waals surface area (Å²) in [5.41, 5.74) is 15.4. The summed E-state index contributed by atoms with van der Waals surface area (Å²) in [4.78, 5) is 20.7. The maximum Gasteiger partial charge on any atom is 0.269 e. The molecule has 0 saturated heterocycles.